The standard InChI is InChI=1S/C14H14N2O2/c17-14(12-5-7-18-10-12)16(13-3-4-13)9-11-2-1-6-15-8-11/h1-2,5-8,10,13H,3-4,9H2. The van der Waals surface area contributed by atoms with Gasteiger partial charge in [-0.3, -0.25) is 9.78 Å². The van der Waals surface area contributed by atoms with Crippen molar-refractivity contribution < 1.29 is 9.21 Å². The highest BCUT2D eigenvalue weighted by Crippen LogP contribution is 2.29. The molecule has 0 aromatic carbocycles. The lowest BCUT2D eigenvalue weighted by Gasteiger charge is -2.21. The van der Waals surface area contributed by atoms with Gasteiger partial charge >= 0.3 is 0 Å². The summed E-state index contributed by atoms with van der Waals surface area (Å²) >= 11 is 0. The summed E-state index contributed by atoms with van der Waals surface area (Å²) in [7, 11) is 0. The molecule has 18 heavy (non-hydrogen) atoms. The molecule has 1 aliphatic rings. The van der Waals surface area contributed by atoms with Crippen molar-refractivity contribution in [2.24, 2.45) is 0 Å². The van der Waals surface area contributed by atoms with Gasteiger partial charge in [-0.05, 0) is 30.5 Å². The zero-order valence-electron chi connectivity index (χ0n) is 9.95. The second-order valence-electron chi connectivity index (χ2n) is 4.54. The normalized spacial score (nSPS) is 14.4. The summed E-state index contributed by atoms with van der Waals surface area (Å²) in [6.45, 7) is 0.614. The summed E-state index contributed by atoms with van der Waals surface area (Å²) in [4.78, 5) is 18.3. The van der Waals surface area contributed by atoms with Gasteiger partial charge in [-0.2, -0.15) is 0 Å². The lowest BCUT2D eigenvalue weighted by atomic mass is 10.2. The molecule has 2 aromatic rings. The third-order valence-corrected chi connectivity index (χ3v) is 3.09. The molecule has 0 saturated heterocycles. The van der Waals surface area contributed by atoms with E-state index >= 15 is 0 Å². The fourth-order valence-electron chi connectivity index (χ4n) is 1.99. The smallest absolute Gasteiger partial charge is 0.257 e. The molecule has 0 N–H and O–H groups in total. The highest BCUT2D eigenvalue weighted by Gasteiger charge is 2.33. The molecule has 0 aliphatic heterocycles. The third kappa shape index (κ3) is 2.27. The average molecular weight is 242 g/mol. The van der Waals surface area contributed by atoms with Crippen LogP contribution in [0.1, 0.15) is 28.8 Å². The number of carbonyl (C=O) groups excluding carboxylic acids is 1. The molecule has 0 bridgehead atoms. The van der Waals surface area contributed by atoms with Crippen molar-refractivity contribution in [2.75, 3.05) is 0 Å². The van der Waals surface area contributed by atoms with E-state index in [1.165, 1.54) is 12.5 Å². The summed E-state index contributed by atoms with van der Waals surface area (Å²) in [6.07, 6.45) is 8.75. The quantitative estimate of drug-likeness (QED) is 0.827. The highest BCUT2D eigenvalue weighted by atomic mass is 16.3. The van der Waals surface area contributed by atoms with E-state index in [-0.39, 0.29) is 5.91 Å². The molecule has 0 atom stereocenters. The Morgan fingerprint density at radius 3 is 2.94 bits per heavy atom. The monoisotopic (exact) mass is 242 g/mol. The minimum absolute atomic E-state index is 0.0371. The van der Waals surface area contributed by atoms with Crippen molar-refractivity contribution in [3.05, 3.63) is 54.2 Å². The maximum atomic E-state index is 12.3. The Hall–Kier alpha value is -2.10. The van der Waals surface area contributed by atoms with Gasteiger partial charge in [-0.25, -0.2) is 0 Å². The first-order valence-corrected chi connectivity index (χ1v) is 6.06. The first-order valence-electron chi connectivity index (χ1n) is 6.06. The molecule has 3 rings (SSSR count). The van der Waals surface area contributed by atoms with Crippen LogP contribution in [0.15, 0.2) is 47.5 Å². The van der Waals surface area contributed by atoms with E-state index in [4.69, 9.17) is 4.42 Å². The second kappa shape index (κ2) is 4.64. The molecule has 1 aliphatic carbocycles. The van der Waals surface area contributed by atoms with Crippen LogP contribution in [-0.2, 0) is 6.54 Å². The molecule has 4 heteroatoms. The molecule has 1 fully saturated rings. The number of pyridine rings is 1. The van der Waals surface area contributed by atoms with Crippen LogP contribution < -0.4 is 0 Å². The zero-order valence-corrected chi connectivity index (χ0v) is 9.95. The molecule has 0 spiro atoms. The van der Waals surface area contributed by atoms with Gasteiger partial charge in [0.15, 0.2) is 0 Å². The minimum Gasteiger partial charge on any atom is -0.472 e. The Kier molecular flexibility index (Phi) is 2.84. The van der Waals surface area contributed by atoms with E-state index in [1.807, 2.05) is 17.0 Å². The van der Waals surface area contributed by atoms with Gasteiger partial charge in [0.05, 0.1) is 11.8 Å². The van der Waals surface area contributed by atoms with Gasteiger partial charge in [-0.15, -0.1) is 0 Å². The van der Waals surface area contributed by atoms with Crippen molar-refractivity contribution in [1.82, 2.24) is 9.88 Å². The predicted molar refractivity (Wildman–Crippen MR) is 65.8 cm³/mol. The van der Waals surface area contributed by atoms with Gasteiger partial charge in [0, 0.05) is 25.0 Å². The third-order valence-electron chi connectivity index (χ3n) is 3.09. The number of rotatable bonds is 4. The minimum atomic E-state index is 0.0371. The number of amides is 1. The summed E-state index contributed by atoms with van der Waals surface area (Å²) in [5.74, 6) is 0.0371. The Morgan fingerprint density at radius 1 is 1.44 bits per heavy atom. The summed E-state index contributed by atoms with van der Waals surface area (Å²) < 4.78 is 4.98. The van der Waals surface area contributed by atoms with Gasteiger partial charge in [0.1, 0.15) is 6.26 Å². The molecule has 2 aromatic heterocycles. The Morgan fingerprint density at radius 2 is 2.33 bits per heavy atom. The fraction of sp³-hybridized carbons (Fsp3) is 0.286. The van der Waals surface area contributed by atoms with Crippen molar-refractivity contribution >= 4 is 5.91 Å². The SMILES string of the molecule is O=C(c1ccoc1)N(Cc1cccnc1)C1CC1. The summed E-state index contributed by atoms with van der Waals surface area (Å²) in [5.41, 5.74) is 1.67. The Labute approximate surface area is 105 Å². The maximum absolute atomic E-state index is 12.3. The van der Waals surface area contributed by atoms with E-state index < -0.39 is 0 Å². The van der Waals surface area contributed by atoms with E-state index in [0.29, 0.717) is 18.2 Å². The fourth-order valence-corrected chi connectivity index (χ4v) is 1.99. The van der Waals surface area contributed by atoms with Gasteiger partial charge in [0.2, 0.25) is 0 Å². The molecular formula is C14H14N2O2. The first-order chi connectivity index (χ1) is 8.84. The van der Waals surface area contributed by atoms with Gasteiger partial charge in [0.25, 0.3) is 5.91 Å². The number of nitrogens with zero attached hydrogens (tertiary/aromatic N) is 2. The predicted octanol–water partition coefficient (Wildman–Crippen LogP) is 2.48. The van der Waals surface area contributed by atoms with Crippen LogP contribution >= 0.6 is 0 Å². The average Bonchev–Trinajstić information content (AvgIpc) is 3.10. The number of hydrogen-bond acceptors (Lipinski definition) is 3. The number of carbonyl (C=O) groups is 1. The molecule has 0 unspecified atom stereocenters. The van der Waals surface area contributed by atoms with E-state index in [2.05, 4.69) is 4.98 Å². The van der Waals surface area contributed by atoms with Gasteiger partial charge in [-0.1, -0.05) is 6.07 Å². The van der Waals surface area contributed by atoms with Crippen LogP contribution in [0.5, 0.6) is 0 Å². The molecule has 4 nitrogen and oxygen atoms in total. The Bertz CT molecular complexity index is 518. The number of aromatic nitrogens is 1. The van der Waals surface area contributed by atoms with Crippen LogP contribution in [-0.4, -0.2) is 21.8 Å². The largest absolute Gasteiger partial charge is 0.472 e. The van der Waals surface area contributed by atoms with E-state index in [1.54, 1.807) is 18.5 Å². The summed E-state index contributed by atoms with van der Waals surface area (Å²) in [5, 5.41) is 0. The molecular weight excluding hydrogens is 228 g/mol. The zero-order chi connectivity index (χ0) is 12.4. The molecule has 1 amide bonds. The van der Waals surface area contributed by atoms with E-state index in [0.717, 1.165) is 18.4 Å². The molecule has 1 saturated carbocycles. The highest BCUT2D eigenvalue weighted by molar-refractivity contribution is 5.94. The van der Waals surface area contributed by atoms with Gasteiger partial charge < -0.3 is 9.32 Å². The topological polar surface area (TPSA) is 46.3 Å². The van der Waals surface area contributed by atoms with Crippen molar-refractivity contribution in [2.45, 2.75) is 25.4 Å². The lowest BCUT2D eigenvalue weighted by Crippen LogP contribution is -2.32. The Balaban J connectivity index is 1.79. The molecule has 0 radical (unpaired) electrons. The van der Waals surface area contributed by atoms with Crippen LogP contribution in [0.25, 0.3) is 0 Å². The van der Waals surface area contributed by atoms with Crippen LogP contribution in [0, 0.1) is 0 Å². The second-order valence-corrected chi connectivity index (χ2v) is 4.54. The first kappa shape index (κ1) is 11.0. The summed E-state index contributed by atoms with van der Waals surface area (Å²) in [6, 6.07) is 5.96. The van der Waals surface area contributed by atoms with E-state index in [9.17, 15) is 4.79 Å². The van der Waals surface area contributed by atoms with Crippen LogP contribution in [0.3, 0.4) is 0 Å². The number of furan rings is 1. The number of hydrogen-bond donors (Lipinski definition) is 0. The lowest BCUT2D eigenvalue weighted by molar-refractivity contribution is 0.0729. The van der Waals surface area contributed by atoms with Crippen LogP contribution in [0.4, 0.5) is 0 Å². The van der Waals surface area contributed by atoms with Crippen molar-refractivity contribution in [3.8, 4) is 0 Å². The molecule has 2 heterocycles. The maximum Gasteiger partial charge on any atom is 0.257 e. The van der Waals surface area contributed by atoms with Crippen molar-refractivity contribution in [3.63, 3.8) is 0 Å². The van der Waals surface area contributed by atoms with Crippen LogP contribution in [0.2, 0.25) is 0 Å². The molecule has 92 valence electrons. The van der Waals surface area contributed by atoms with Crippen molar-refractivity contribution in [1.29, 1.82) is 0 Å².